The second-order valence-electron chi connectivity index (χ2n) is 5.55. The Hall–Kier alpha value is -2.05. The van der Waals surface area contributed by atoms with Gasteiger partial charge in [0.05, 0.1) is 19.8 Å². The Balaban J connectivity index is 1.67. The molecule has 6 heteroatoms. The summed E-state index contributed by atoms with van der Waals surface area (Å²) in [6, 6.07) is 9.50. The van der Waals surface area contributed by atoms with Crippen molar-refractivity contribution in [2.24, 2.45) is 7.05 Å². The van der Waals surface area contributed by atoms with Crippen LogP contribution in [0.3, 0.4) is 0 Å². The molecule has 1 fully saturated rings. The SMILES string of the molecule is Cn1cnnc1CN1CCOC[C@@H]1CC(=O)c1ccccc1. The zero-order valence-electron chi connectivity index (χ0n) is 12.7. The van der Waals surface area contributed by atoms with E-state index < -0.39 is 0 Å². The first-order valence-corrected chi connectivity index (χ1v) is 7.47. The van der Waals surface area contributed by atoms with Crippen molar-refractivity contribution in [1.29, 1.82) is 0 Å². The highest BCUT2D eigenvalue weighted by Crippen LogP contribution is 2.16. The molecule has 2 heterocycles. The number of morpholine rings is 1. The molecule has 0 bridgehead atoms. The van der Waals surface area contributed by atoms with Gasteiger partial charge in [-0.05, 0) is 0 Å². The summed E-state index contributed by atoms with van der Waals surface area (Å²) in [5, 5.41) is 8.04. The Bertz CT molecular complexity index is 626. The van der Waals surface area contributed by atoms with Gasteiger partial charge in [-0.1, -0.05) is 30.3 Å². The molecule has 0 unspecified atom stereocenters. The van der Waals surface area contributed by atoms with Crippen LogP contribution in [0.1, 0.15) is 22.6 Å². The van der Waals surface area contributed by atoms with E-state index in [0.29, 0.717) is 26.2 Å². The van der Waals surface area contributed by atoms with Crippen molar-refractivity contribution in [2.45, 2.75) is 19.0 Å². The number of ether oxygens (including phenoxy) is 1. The zero-order chi connectivity index (χ0) is 15.4. The second-order valence-corrected chi connectivity index (χ2v) is 5.55. The number of hydrogen-bond donors (Lipinski definition) is 0. The molecule has 3 rings (SSSR count). The number of aromatic nitrogens is 3. The van der Waals surface area contributed by atoms with Gasteiger partial charge in [-0.15, -0.1) is 10.2 Å². The Morgan fingerprint density at radius 2 is 2.18 bits per heavy atom. The maximum Gasteiger partial charge on any atom is 0.164 e. The molecule has 1 aliphatic rings. The average molecular weight is 300 g/mol. The van der Waals surface area contributed by atoms with Gasteiger partial charge >= 0.3 is 0 Å². The number of carbonyl (C=O) groups is 1. The predicted octanol–water partition coefficient (Wildman–Crippen LogP) is 1.29. The molecular formula is C16H20N4O2. The molecule has 0 N–H and O–H groups in total. The molecule has 1 aliphatic heterocycles. The molecule has 6 nitrogen and oxygen atoms in total. The highest BCUT2D eigenvalue weighted by molar-refractivity contribution is 5.96. The van der Waals surface area contributed by atoms with E-state index in [1.54, 1.807) is 6.33 Å². The van der Waals surface area contributed by atoms with E-state index in [0.717, 1.165) is 17.9 Å². The summed E-state index contributed by atoms with van der Waals surface area (Å²) in [7, 11) is 1.93. The largest absolute Gasteiger partial charge is 0.378 e. The van der Waals surface area contributed by atoms with Crippen LogP contribution in [0.5, 0.6) is 0 Å². The number of carbonyl (C=O) groups excluding carboxylic acids is 1. The van der Waals surface area contributed by atoms with Gasteiger partial charge < -0.3 is 9.30 Å². The minimum Gasteiger partial charge on any atom is -0.378 e. The lowest BCUT2D eigenvalue weighted by Crippen LogP contribution is -2.46. The van der Waals surface area contributed by atoms with Crippen molar-refractivity contribution in [3.63, 3.8) is 0 Å². The molecule has 0 saturated carbocycles. The lowest BCUT2D eigenvalue weighted by atomic mass is 10.0. The summed E-state index contributed by atoms with van der Waals surface area (Å²) in [5.74, 6) is 1.05. The summed E-state index contributed by atoms with van der Waals surface area (Å²) in [4.78, 5) is 14.7. The van der Waals surface area contributed by atoms with E-state index in [1.165, 1.54) is 0 Å². The van der Waals surface area contributed by atoms with Gasteiger partial charge in [-0.3, -0.25) is 9.69 Å². The third kappa shape index (κ3) is 3.40. The number of Topliss-reactive ketones (excluding diaryl/α,β-unsaturated/α-hetero) is 1. The van der Waals surface area contributed by atoms with Crippen LogP contribution in [0.4, 0.5) is 0 Å². The van der Waals surface area contributed by atoms with Crippen LogP contribution in [0, 0.1) is 0 Å². The van der Waals surface area contributed by atoms with E-state index in [2.05, 4.69) is 15.1 Å². The number of nitrogens with zero attached hydrogens (tertiary/aromatic N) is 4. The highest BCUT2D eigenvalue weighted by Gasteiger charge is 2.26. The quantitative estimate of drug-likeness (QED) is 0.779. The van der Waals surface area contributed by atoms with Crippen molar-refractivity contribution < 1.29 is 9.53 Å². The van der Waals surface area contributed by atoms with Gasteiger partial charge in [0.2, 0.25) is 0 Å². The first-order chi connectivity index (χ1) is 10.7. The standard InChI is InChI=1S/C16H20N4O2/c1-19-12-17-18-16(19)10-20-7-8-22-11-14(20)9-15(21)13-5-3-2-4-6-13/h2-6,12,14H,7-11H2,1H3/t14-/m0/s1. The maximum absolute atomic E-state index is 12.4. The summed E-state index contributed by atoms with van der Waals surface area (Å²) in [6.45, 7) is 2.76. The lowest BCUT2D eigenvalue weighted by Gasteiger charge is -2.34. The molecule has 0 spiro atoms. The molecule has 0 aliphatic carbocycles. The Morgan fingerprint density at radius 3 is 2.91 bits per heavy atom. The minimum absolute atomic E-state index is 0.0816. The maximum atomic E-state index is 12.4. The smallest absolute Gasteiger partial charge is 0.164 e. The summed E-state index contributed by atoms with van der Waals surface area (Å²) < 4.78 is 7.47. The van der Waals surface area contributed by atoms with E-state index in [-0.39, 0.29) is 11.8 Å². The molecule has 1 saturated heterocycles. The Kier molecular flexibility index (Phi) is 4.60. The monoisotopic (exact) mass is 300 g/mol. The second kappa shape index (κ2) is 6.81. The molecular weight excluding hydrogens is 280 g/mol. The topological polar surface area (TPSA) is 60.3 Å². The number of aryl methyl sites for hydroxylation is 1. The summed E-state index contributed by atoms with van der Waals surface area (Å²) in [5.41, 5.74) is 0.756. The van der Waals surface area contributed by atoms with Crippen LogP contribution in [0.2, 0.25) is 0 Å². The normalized spacial score (nSPS) is 19.2. The molecule has 22 heavy (non-hydrogen) atoms. The van der Waals surface area contributed by atoms with Gasteiger partial charge in [0.15, 0.2) is 5.78 Å². The third-order valence-electron chi connectivity index (χ3n) is 4.02. The fourth-order valence-electron chi connectivity index (χ4n) is 2.67. The van der Waals surface area contributed by atoms with Gasteiger partial charge in [-0.2, -0.15) is 0 Å². The van der Waals surface area contributed by atoms with E-state index in [1.807, 2.05) is 41.9 Å². The fourth-order valence-corrected chi connectivity index (χ4v) is 2.67. The van der Waals surface area contributed by atoms with E-state index in [9.17, 15) is 4.79 Å². The lowest BCUT2D eigenvalue weighted by molar-refractivity contribution is -0.0140. The van der Waals surface area contributed by atoms with Gasteiger partial charge in [0.25, 0.3) is 0 Å². The van der Waals surface area contributed by atoms with Crippen molar-refractivity contribution in [3.05, 3.63) is 48.0 Å². The summed E-state index contributed by atoms with van der Waals surface area (Å²) in [6.07, 6.45) is 2.15. The van der Waals surface area contributed by atoms with Crippen LogP contribution < -0.4 is 0 Å². The molecule has 0 amide bonds. The van der Waals surface area contributed by atoms with Crippen molar-refractivity contribution in [3.8, 4) is 0 Å². The molecule has 2 aromatic rings. The highest BCUT2D eigenvalue weighted by atomic mass is 16.5. The Labute approximate surface area is 129 Å². The zero-order valence-corrected chi connectivity index (χ0v) is 12.7. The molecule has 1 aromatic carbocycles. The summed E-state index contributed by atoms with van der Waals surface area (Å²) >= 11 is 0. The Morgan fingerprint density at radius 1 is 1.36 bits per heavy atom. The third-order valence-corrected chi connectivity index (χ3v) is 4.02. The van der Waals surface area contributed by atoms with Gasteiger partial charge in [0, 0.05) is 31.6 Å². The number of benzene rings is 1. The van der Waals surface area contributed by atoms with Crippen LogP contribution in [-0.4, -0.2) is 51.2 Å². The van der Waals surface area contributed by atoms with Crippen LogP contribution in [-0.2, 0) is 18.3 Å². The first kappa shape index (κ1) is 14.9. The first-order valence-electron chi connectivity index (χ1n) is 7.47. The minimum atomic E-state index is 0.0816. The molecule has 116 valence electrons. The van der Waals surface area contributed by atoms with Crippen LogP contribution in [0.25, 0.3) is 0 Å². The van der Waals surface area contributed by atoms with Gasteiger partial charge in [0.1, 0.15) is 12.2 Å². The molecule has 1 aromatic heterocycles. The fraction of sp³-hybridized carbons (Fsp3) is 0.438. The number of hydrogen-bond acceptors (Lipinski definition) is 5. The predicted molar refractivity (Wildman–Crippen MR) is 81.4 cm³/mol. The van der Waals surface area contributed by atoms with Crippen molar-refractivity contribution >= 4 is 5.78 Å². The van der Waals surface area contributed by atoms with Crippen molar-refractivity contribution in [2.75, 3.05) is 19.8 Å². The molecule has 0 radical (unpaired) electrons. The van der Waals surface area contributed by atoms with E-state index >= 15 is 0 Å². The van der Waals surface area contributed by atoms with Crippen molar-refractivity contribution in [1.82, 2.24) is 19.7 Å². The van der Waals surface area contributed by atoms with E-state index in [4.69, 9.17) is 4.74 Å². The van der Waals surface area contributed by atoms with Crippen LogP contribution in [0.15, 0.2) is 36.7 Å². The molecule has 1 atom stereocenters. The van der Waals surface area contributed by atoms with Crippen LogP contribution >= 0.6 is 0 Å². The average Bonchev–Trinajstić information content (AvgIpc) is 2.95. The number of ketones is 1. The van der Waals surface area contributed by atoms with Gasteiger partial charge in [-0.25, -0.2) is 0 Å². The number of rotatable bonds is 5.